The number of hydrogen-bond donors (Lipinski definition) is 0. The molecular formula is C13H17IN2O2. The molecule has 0 aromatic heterocycles. The minimum absolute atomic E-state index is 0. The number of halogens is 1. The van der Waals surface area contributed by atoms with E-state index in [1.807, 2.05) is 6.08 Å². The summed E-state index contributed by atoms with van der Waals surface area (Å²) in [6.07, 6.45) is 10.1. The third-order valence-corrected chi connectivity index (χ3v) is 3.91. The monoisotopic (exact) mass is 360 g/mol. The van der Waals surface area contributed by atoms with Crippen molar-refractivity contribution in [3.05, 3.63) is 45.3 Å². The van der Waals surface area contributed by atoms with E-state index < -0.39 is 0 Å². The van der Waals surface area contributed by atoms with E-state index in [2.05, 4.69) is 4.90 Å². The van der Waals surface area contributed by atoms with Gasteiger partial charge in [-0.05, 0) is 31.3 Å². The summed E-state index contributed by atoms with van der Waals surface area (Å²) in [5.41, 5.74) is 2.79. The van der Waals surface area contributed by atoms with Gasteiger partial charge in [-0.3, -0.25) is 10.1 Å². The SMILES string of the molecule is I.O=[N+]([O-])C1=CC2=C3CCCN3CCCC2C=C1. The summed E-state index contributed by atoms with van der Waals surface area (Å²) in [5, 5.41) is 10.9. The van der Waals surface area contributed by atoms with Crippen LogP contribution in [0.2, 0.25) is 0 Å². The molecule has 1 saturated heterocycles. The lowest BCUT2D eigenvalue weighted by Gasteiger charge is -2.21. The van der Waals surface area contributed by atoms with Gasteiger partial charge in [0.2, 0.25) is 0 Å². The van der Waals surface area contributed by atoms with Crippen molar-refractivity contribution < 1.29 is 4.92 Å². The molecule has 0 saturated carbocycles. The van der Waals surface area contributed by atoms with Crippen LogP contribution in [0.15, 0.2) is 35.2 Å². The largest absolute Gasteiger partial charge is 0.375 e. The van der Waals surface area contributed by atoms with Crippen LogP contribution in [0.3, 0.4) is 0 Å². The highest BCUT2D eigenvalue weighted by atomic mass is 127. The molecule has 2 heterocycles. The molecule has 4 nitrogen and oxygen atoms in total. The standard InChI is InChI=1S/C13H16N2O2.HI/c16-15(17)11-6-5-10-3-1-7-14-8-2-4-13(14)12(10)9-11;/h5-6,9-10H,1-4,7-8H2;1H. The van der Waals surface area contributed by atoms with E-state index in [1.54, 1.807) is 12.2 Å². The third kappa shape index (κ3) is 2.32. The van der Waals surface area contributed by atoms with E-state index in [-0.39, 0.29) is 34.6 Å². The van der Waals surface area contributed by atoms with Crippen LogP contribution in [0.1, 0.15) is 25.7 Å². The first-order valence-electron chi connectivity index (χ1n) is 6.28. The van der Waals surface area contributed by atoms with Crippen molar-refractivity contribution in [2.75, 3.05) is 13.1 Å². The first kappa shape index (κ1) is 13.6. The molecule has 1 aliphatic carbocycles. The zero-order valence-electron chi connectivity index (χ0n) is 10.2. The van der Waals surface area contributed by atoms with E-state index in [0.29, 0.717) is 5.92 Å². The molecule has 0 aromatic rings. The number of fused-ring (bicyclic) bond motifs is 2. The molecule has 2 aliphatic heterocycles. The Labute approximate surface area is 124 Å². The maximum absolute atomic E-state index is 10.9. The Hall–Kier alpha value is -0.850. The van der Waals surface area contributed by atoms with Crippen LogP contribution in [0.4, 0.5) is 0 Å². The lowest BCUT2D eigenvalue weighted by molar-refractivity contribution is -0.419. The Morgan fingerprint density at radius 2 is 2.11 bits per heavy atom. The summed E-state index contributed by atoms with van der Waals surface area (Å²) < 4.78 is 0. The van der Waals surface area contributed by atoms with Gasteiger partial charge in [-0.15, -0.1) is 24.0 Å². The fraction of sp³-hybridized carbons (Fsp3) is 0.538. The molecule has 0 aromatic carbocycles. The average Bonchev–Trinajstić information content (AvgIpc) is 2.71. The van der Waals surface area contributed by atoms with Crippen molar-refractivity contribution in [3.8, 4) is 0 Å². The molecule has 18 heavy (non-hydrogen) atoms. The predicted molar refractivity (Wildman–Crippen MR) is 80.2 cm³/mol. The number of nitrogens with zero attached hydrogens (tertiary/aromatic N) is 2. The topological polar surface area (TPSA) is 46.4 Å². The van der Waals surface area contributed by atoms with Gasteiger partial charge >= 0.3 is 0 Å². The quantitative estimate of drug-likeness (QED) is 0.410. The lowest BCUT2D eigenvalue weighted by Crippen LogP contribution is -2.18. The van der Waals surface area contributed by atoms with Crippen molar-refractivity contribution >= 4 is 24.0 Å². The first-order chi connectivity index (χ1) is 8.25. The zero-order valence-corrected chi connectivity index (χ0v) is 12.5. The Bertz CT molecular complexity index is 454. The van der Waals surface area contributed by atoms with Crippen LogP contribution >= 0.6 is 24.0 Å². The van der Waals surface area contributed by atoms with Gasteiger partial charge in [-0.2, -0.15) is 0 Å². The Morgan fingerprint density at radius 3 is 2.89 bits per heavy atom. The van der Waals surface area contributed by atoms with Gasteiger partial charge in [-0.25, -0.2) is 0 Å². The molecule has 0 radical (unpaired) electrons. The molecular weight excluding hydrogens is 343 g/mol. The van der Waals surface area contributed by atoms with Crippen molar-refractivity contribution in [1.82, 2.24) is 4.90 Å². The van der Waals surface area contributed by atoms with Gasteiger partial charge in [0.1, 0.15) is 0 Å². The maximum atomic E-state index is 10.9. The number of allylic oxidation sites excluding steroid dienone is 5. The average molecular weight is 360 g/mol. The minimum atomic E-state index is -0.287. The van der Waals surface area contributed by atoms with E-state index in [1.165, 1.54) is 24.1 Å². The molecule has 0 bridgehead atoms. The van der Waals surface area contributed by atoms with Crippen LogP contribution in [0.5, 0.6) is 0 Å². The molecule has 0 N–H and O–H groups in total. The summed E-state index contributed by atoms with van der Waals surface area (Å²) in [7, 11) is 0. The van der Waals surface area contributed by atoms with E-state index in [0.717, 1.165) is 25.9 Å². The third-order valence-electron chi connectivity index (χ3n) is 3.91. The second kappa shape index (κ2) is 5.42. The van der Waals surface area contributed by atoms with Crippen LogP contribution in [-0.4, -0.2) is 22.9 Å². The molecule has 1 atom stereocenters. The van der Waals surface area contributed by atoms with Crippen LogP contribution in [-0.2, 0) is 0 Å². The molecule has 98 valence electrons. The summed E-state index contributed by atoms with van der Waals surface area (Å²) >= 11 is 0. The fourth-order valence-corrected chi connectivity index (χ4v) is 3.10. The molecule has 3 aliphatic rings. The minimum Gasteiger partial charge on any atom is -0.375 e. The number of nitro groups is 1. The van der Waals surface area contributed by atoms with Crippen molar-refractivity contribution in [3.63, 3.8) is 0 Å². The molecule has 1 fully saturated rings. The molecule has 5 heteroatoms. The second-order valence-corrected chi connectivity index (χ2v) is 4.93. The first-order valence-corrected chi connectivity index (χ1v) is 6.28. The number of rotatable bonds is 1. The van der Waals surface area contributed by atoms with Gasteiger partial charge in [0.15, 0.2) is 0 Å². The van der Waals surface area contributed by atoms with Gasteiger partial charge in [-0.1, -0.05) is 6.08 Å². The van der Waals surface area contributed by atoms with Crippen LogP contribution in [0.25, 0.3) is 0 Å². The summed E-state index contributed by atoms with van der Waals surface area (Å²) in [6, 6.07) is 0. The lowest BCUT2D eigenvalue weighted by atomic mass is 9.88. The fourth-order valence-electron chi connectivity index (χ4n) is 3.10. The molecule has 0 amide bonds. The van der Waals surface area contributed by atoms with Gasteiger partial charge < -0.3 is 4.90 Å². The predicted octanol–water partition coefficient (Wildman–Crippen LogP) is 3.09. The highest BCUT2D eigenvalue weighted by molar-refractivity contribution is 14.0. The van der Waals surface area contributed by atoms with Crippen molar-refractivity contribution in [2.45, 2.75) is 25.7 Å². The summed E-state index contributed by atoms with van der Waals surface area (Å²) in [6.45, 7) is 2.24. The van der Waals surface area contributed by atoms with Gasteiger partial charge in [0.25, 0.3) is 5.70 Å². The zero-order chi connectivity index (χ0) is 11.8. The Kier molecular flexibility index (Phi) is 4.09. The van der Waals surface area contributed by atoms with Crippen LogP contribution in [0, 0.1) is 16.0 Å². The summed E-state index contributed by atoms with van der Waals surface area (Å²) in [5.74, 6) is 0.400. The molecule has 0 spiro atoms. The molecule has 1 unspecified atom stereocenters. The van der Waals surface area contributed by atoms with Gasteiger partial charge in [0.05, 0.1) is 4.92 Å². The summed E-state index contributed by atoms with van der Waals surface area (Å²) in [4.78, 5) is 13.0. The maximum Gasteiger partial charge on any atom is 0.269 e. The number of hydrogen-bond acceptors (Lipinski definition) is 3. The smallest absolute Gasteiger partial charge is 0.269 e. The normalized spacial score (nSPS) is 25.9. The van der Waals surface area contributed by atoms with Crippen molar-refractivity contribution in [2.24, 2.45) is 5.92 Å². The van der Waals surface area contributed by atoms with Crippen LogP contribution < -0.4 is 0 Å². The van der Waals surface area contributed by atoms with E-state index in [9.17, 15) is 10.1 Å². The van der Waals surface area contributed by atoms with E-state index in [4.69, 9.17) is 0 Å². The Morgan fingerprint density at radius 1 is 1.33 bits per heavy atom. The Balaban J connectivity index is 0.00000120. The van der Waals surface area contributed by atoms with E-state index >= 15 is 0 Å². The van der Waals surface area contributed by atoms with Crippen molar-refractivity contribution in [1.29, 1.82) is 0 Å². The molecule has 3 rings (SSSR count). The van der Waals surface area contributed by atoms with Gasteiger partial charge in [0, 0.05) is 36.9 Å². The second-order valence-electron chi connectivity index (χ2n) is 4.93. The highest BCUT2D eigenvalue weighted by Gasteiger charge is 2.29. The highest BCUT2D eigenvalue weighted by Crippen LogP contribution is 2.37.